The molecule has 0 fully saturated rings. The molecule has 31 heavy (non-hydrogen) atoms. The van der Waals surface area contributed by atoms with E-state index in [0.717, 1.165) is 3.57 Å². The minimum Gasteiger partial charge on any atom is -0.496 e. The molecule has 0 saturated heterocycles. The first-order valence-corrected chi connectivity index (χ1v) is 11.1. The summed E-state index contributed by atoms with van der Waals surface area (Å²) in [5.41, 5.74) is -0.170. The maximum Gasteiger partial charge on any atom is 0.410 e. The summed E-state index contributed by atoms with van der Waals surface area (Å²) < 4.78 is 16.4. The predicted molar refractivity (Wildman–Crippen MR) is 126 cm³/mol. The molecule has 0 aromatic heterocycles. The standard InChI is InChI=1S/C22H33IN2O6/c1-13(2)11-16(20(27)30-8)24-19(26)18(25(6)21(28)31-22(3,4)5)14-9-10-17(29-7)15(23)12-14/h9-10,12-13,16,18H,11H2,1-8H3,(H,24,26)/t16-,18-/m0/s1. The molecule has 1 N–H and O–H groups in total. The van der Waals surface area contributed by atoms with Crippen LogP contribution in [0.4, 0.5) is 4.79 Å². The van der Waals surface area contributed by atoms with Crippen LogP contribution >= 0.6 is 22.6 Å². The lowest BCUT2D eigenvalue weighted by Crippen LogP contribution is -2.49. The van der Waals surface area contributed by atoms with Gasteiger partial charge in [0.25, 0.3) is 0 Å². The fraction of sp³-hybridized carbons (Fsp3) is 0.591. The smallest absolute Gasteiger partial charge is 0.410 e. The molecule has 0 aliphatic rings. The van der Waals surface area contributed by atoms with Gasteiger partial charge < -0.3 is 19.5 Å². The van der Waals surface area contributed by atoms with Crippen molar-refractivity contribution in [2.24, 2.45) is 5.92 Å². The van der Waals surface area contributed by atoms with Crippen LogP contribution in [0.5, 0.6) is 5.75 Å². The van der Waals surface area contributed by atoms with Crippen LogP contribution in [-0.4, -0.2) is 55.8 Å². The van der Waals surface area contributed by atoms with E-state index in [0.29, 0.717) is 17.7 Å². The van der Waals surface area contributed by atoms with Gasteiger partial charge in [-0.15, -0.1) is 0 Å². The van der Waals surface area contributed by atoms with Gasteiger partial charge >= 0.3 is 12.1 Å². The molecule has 1 rings (SSSR count). The molecule has 0 spiro atoms. The third-order valence-electron chi connectivity index (χ3n) is 4.32. The fourth-order valence-corrected chi connectivity index (χ4v) is 3.68. The number of hydrogen-bond acceptors (Lipinski definition) is 6. The van der Waals surface area contributed by atoms with Crippen molar-refractivity contribution in [1.29, 1.82) is 0 Å². The van der Waals surface area contributed by atoms with Crippen LogP contribution in [0, 0.1) is 9.49 Å². The summed E-state index contributed by atoms with van der Waals surface area (Å²) >= 11 is 2.10. The second-order valence-electron chi connectivity index (χ2n) is 8.60. The monoisotopic (exact) mass is 548 g/mol. The lowest BCUT2D eigenvalue weighted by Gasteiger charge is -2.31. The van der Waals surface area contributed by atoms with Crippen molar-refractivity contribution in [3.05, 3.63) is 27.3 Å². The Bertz CT molecular complexity index is 791. The van der Waals surface area contributed by atoms with Crippen LogP contribution in [0.1, 0.15) is 52.6 Å². The van der Waals surface area contributed by atoms with Crippen molar-refractivity contribution in [1.82, 2.24) is 10.2 Å². The van der Waals surface area contributed by atoms with Crippen LogP contribution < -0.4 is 10.1 Å². The van der Waals surface area contributed by atoms with Crippen molar-refractivity contribution in [2.75, 3.05) is 21.3 Å². The van der Waals surface area contributed by atoms with E-state index in [1.807, 2.05) is 13.8 Å². The lowest BCUT2D eigenvalue weighted by molar-refractivity contribution is -0.146. The van der Waals surface area contributed by atoms with Gasteiger partial charge in [-0.3, -0.25) is 9.69 Å². The molecule has 174 valence electrons. The first kappa shape index (κ1) is 27.0. The van der Waals surface area contributed by atoms with E-state index in [9.17, 15) is 14.4 Å². The van der Waals surface area contributed by atoms with Gasteiger partial charge in [0.2, 0.25) is 5.91 Å². The molecule has 1 aromatic carbocycles. The van der Waals surface area contributed by atoms with Gasteiger partial charge in [0, 0.05) is 7.05 Å². The van der Waals surface area contributed by atoms with Crippen molar-refractivity contribution < 1.29 is 28.6 Å². The summed E-state index contributed by atoms with van der Waals surface area (Å²) in [5, 5.41) is 2.75. The molecule has 0 unspecified atom stereocenters. The highest BCUT2D eigenvalue weighted by Gasteiger charge is 2.34. The second-order valence-corrected chi connectivity index (χ2v) is 9.76. The SMILES string of the molecule is COC(=O)[C@H](CC(C)C)NC(=O)[C@H](c1ccc(OC)c(I)c1)N(C)C(=O)OC(C)(C)C. The van der Waals surface area contributed by atoms with Crippen LogP contribution in [0.15, 0.2) is 18.2 Å². The van der Waals surface area contributed by atoms with Gasteiger partial charge in [0.05, 0.1) is 17.8 Å². The number of amides is 2. The predicted octanol–water partition coefficient (Wildman–Crippen LogP) is 3.91. The molecule has 0 aliphatic carbocycles. The Hall–Kier alpha value is -2.04. The van der Waals surface area contributed by atoms with Gasteiger partial charge in [-0.25, -0.2) is 9.59 Å². The summed E-state index contributed by atoms with van der Waals surface area (Å²) in [6.45, 7) is 9.14. The van der Waals surface area contributed by atoms with E-state index in [4.69, 9.17) is 14.2 Å². The molecule has 0 saturated carbocycles. The summed E-state index contributed by atoms with van der Waals surface area (Å²) in [4.78, 5) is 39.5. The molecule has 2 atom stereocenters. The van der Waals surface area contributed by atoms with Gasteiger partial charge in [-0.2, -0.15) is 0 Å². The maximum absolute atomic E-state index is 13.3. The van der Waals surface area contributed by atoms with Crippen molar-refractivity contribution >= 4 is 40.6 Å². The number of hydrogen-bond donors (Lipinski definition) is 1. The number of halogens is 1. The van der Waals surface area contributed by atoms with Gasteiger partial charge in [0.1, 0.15) is 23.4 Å². The Morgan fingerprint density at radius 3 is 2.23 bits per heavy atom. The van der Waals surface area contributed by atoms with Crippen LogP contribution in [0.2, 0.25) is 0 Å². The Labute approximate surface area is 198 Å². The average Bonchev–Trinajstić information content (AvgIpc) is 2.65. The highest BCUT2D eigenvalue weighted by molar-refractivity contribution is 14.1. The number of esters is 1. The summed E-state index contributed by atoms with van der Waals surface area (Å²) in [5.74, 6) is -0.251. The molecule has 0 bridgehead atoms. The topological polar surface area (TPSA) is 94.2 Å². The van der Waals surface area contributed by atoms with Gasteiger partial charge in [0.15, 0.2) is 0 Å². The molecule has 1 aromatic rings. The average molecular weight is 548 g/mol. The normalized spacial score (nSPS) is 13.2. The van der Waals surface area contributed by atoms with Crippen molar-refractivity contribution in [3.63, 3.8) is 0 Å². The highest BCUT2D eigenvalue weighted by atomic mass is 127. The minimum atomic E-state index is -1.02. The quantitative estimate of drug-likeness (QED) is 0.391. The molecule has 8 nitrogen and oxygen atoms in total. The van der Waals surface area contributed by atoms with Crippen LogP contribution in [-0.2, 0) is 19.1 Å². The molecule has 0 heterocycles. The largest absolute Gasteiger partial charge is 0.496 e. The third-order valence-corrected chi connectivity index (χ3v) is 5.16. The Morgan fingerprint density at radius 2 is 1.77 bits per heavy atom. The summed E-state index contributed by atoms with van der Waals surface area (Å²) in [7, 11) is 4.32. The second kappa shape index (κ2) is 11.5. The molecular weight excluding hydrogens is 515 g/mol. The summed E-state index contributed by atoms with van der Waals surface area (Å²) in [6, 6.07) is 3.35. The molecule has 9 heteroatoms. The number of carbonyl (C=O) groups is 3. The number of carbonyl (C=O) groups excluding carboxylic acids is 3. The minimum absolute atomic E-state index is 0.147. The van der Waals surface area contributed by atoms with Crippen molar-refractivity contribution in [2.45, 2.75) is 58.7 Å². The Balaban J connectivity index is 3.34. The number of methoxy groups -OCH3 is 2. The maximum atomic E-state index is 13.3. The van der Waals surface area contributed by atoms with E-state index >= 15 is 0 Å². The third kappa shape index (κ3) is 8.19. The Morgan fingerprint density at radius 1 is 1.16 bits per heavy atom. The number of rotatable bonds is 8. The zero-order chi connectivity index (χ0) is 23.9. The number of nitrogens with zero attached hydrogens (tertiary/aromatic N) is 1. The first-order chi connectivity index (χ1) is 14.3. The van der Waals surface area contributed by atoms with Crippen LogP contribution in [0.25, 0.3) is 0 Å². The number of nitrogens with one attached hydrogen (secondary N) is 1. The highest BCUT2D eigenvalue weighted by Crippen LogP contribution is 2.29. The zero-order valence-electron chi connectivity index (χ0n) is 19.4. The number of likely N-dealkylation sites (N-methyl/N-ethyl adjacent to an activating group) is 1. The van der Waals surface area contributed by atoms with Crippen molar-refractivity contribution in [3.8, 4) is 5.75 Å². The van der Waals surface area contributed by atoms with E-state index < -0.39 is 35.7 Å². The van der Waals surface area contributed by atoms with Crippen LogP contribution in [0.3, 0.4) is 0 Å². The van der Waals surface area contributed by atoms with E-state index in [1.165, 1.54) is 19.1 Å². The van der Waals surface area contributed by atoms with E-state index in [1.54, 1.807) is 46.1 Å². The molecule has 2 amide bonds. The zero-order valence-corrected chi connectivity index (χ0v) is 21.6. The molecule has 0 aliphatic heterocycles. The van der Waals surface area contributed by atoms with E-state index in [2.05, 4.69) is 27.9 Å². The summed E-state index contributed by atoms with van der Waals surface area (Å²) in [6.07, 6.45) is -0.251. The fourth-order valence-electron chi connectivity index (χ4n) is 2.92. The van der Waals surface area contributed by atoms with Gasteiger partial charge in [-0.05, 0) is 73.4 Å². The van der Waals surface area contributed by atoms with Gasteiger partial charge in [-0.1, -0.05) is 19.9 Å². The number of ether oxygens (including phenoxy) is 3. The lowest BCUT2D eigenvalue weighted by atomic mass is 10.0. The molecular formula is C22H33IN2O6. The Kier molecular flexibility index (Phi) is 10.1. The molecule has 0 radical (unpaired) electrons. The number of benzene rings is 1. The van der Waals surface area contributed by atoms with E-state index in [-0.39, 0.29) is 5.92 Å². The first-order valence-electron chi connectivity index (χ1n) is 9.98.